The number of aromatic hydroxyl groups is 1. The Morgan fingerprint density at radius 2 is 1.65 bits per heavy atom. The molecule has 0 saturated heterocycles. The first-order valence-electron chi connectivity index (χ1n) is 8.42. The molecule has 5 heteroatoms. The van der Waals surface area contributed by atoms with Gasteiger partial charge in [0.05, 0.1) is 5.56 Å². The van der Waals surface area contributed by atoms with Crippen LogP contribution in [0, 0.1) is 13.8 Å². The van der Waals surface area contributed by atoms with E-state index in [4.69, 9.17) is 5.73 Å². The van der Waals surface area contributed by atoms with E-state index in [1.165, 1.54) is 0 Å². The van der Waals surface area contributed by atoms with Crippen LogP contribution >= 0.6 is 15.9 Å². The van der Waals surface area contributed by atoms with Crippen LogP contribution in [0.3, 0.4) is 0 Å². The Morgan fingerprint density at radius 3 is 2.23 bits per heavy atom. The molecule has 0 fully saturated rings. The molecule has 0 unspecified atom stereocenters. The van der Waals surface area contributed by atoms with E-state index in [-0.39, 0.29) is 5.75 Å². The van der Waals surface area contributed by atoms with Crippen molar-refractivity contribution >= 4 is 21.8 Å². The van der Waals surface area contributed by atoms with Crippen molar-refractivity contribution in [3.05, 3.63) is 75.5 Å². The Kier molecular flexibility index (Phi) is 5.18. The van der Waals surface area contributed by atoms with Crippen molar-refractivity contribution in [3.63, 3.8) is 0 Å². The number of benzene rings is 2. The van der Waals surface area contributed by atoms with E-state index in [0.717, 1.165) is 45.5 Å². The van der Waals surface area contributed by atoms with Crippen LogP contribution in [0.5, 0.6) is 5.75 Å². The molecule has 3 N–H and O–H groups in total. The number of phenols is 1. The van der Waals surface area contributed by atoms with E-state index in [1.807, 2.05) is 50.2 Å². The maximum Gasteiger partial charge on any atom is 0.251 e. The maximum absolute atomic E-state index is 12.1. The van der Waals surface area contributed by atoms with Gasteiger partial charge in [0.1, 0.15) is 5.75 Å². The molecule has 0 aliphatic rings. The van der Waals surface area contributed by atoms with Gasteiger partial charge in [-0.2, -0.15) is 0 Å². The molecule has 0 atom stereocenters. The predicted octanol–water partition coefficient (Wildman–Crippen LogP) is 4.58. The first-order valence-corrected chi connectivity index (χ1v) is 9.21. The predicted molar refractivity (Wildman–Crippen MR) is 107 cm³/mol. The average molecular weight is 413 g/mol. The fourth-order valence-electron chi connectivity index (χ4n) is 3.39. The largest absolute Gasteiger partial charge is 0.508 e. The number of phenolic OH excluding ortho intramolecular Hbond substituents is 1. The molecule has 0 aliphatic carbocycles. The summed E-state index contributed by atoms with van der Waals surface area (Å²) < 4.78 is 3.13. The number of nitrogens with zero attached hydrogens (tertiary/aromatic N) is 1. The lowest BCUT2D eigenvalue weighted by atomic mass is 10.0. The summed E-state index contributed by atoms with van der Waals surface area (Å²) in [5, 5.41) is 9.42. The number of aryl methyl sites for hydroxylation is 1. The highest BCUT2D eigenvalue weighted by atomic mass is 79.9. The minimum Gasteiger partial charge on any atom is -0.508 e. The van der Waals surface area contributed by atoms with Crippen molar-refractivity contribution in [2.24, 2.45) is 5.73 Å². The molecule has 0 aliphatic heterocycles. The van der Waals surface area contributed by atoms with Gasteiger partial charge in [-0.15, -0.1) is 0 Å². The number of rotatable bonds is 5. The lowest BCUT2D eigenvalue weighted by molar-refractivity contribution is 0.1000. The summed E-state index contributed by atoms with van der Waals surface area (Å²) >= 11 is 3.44. The van der Waals surface area contributed by atoms with E-state index in [9.17, 15) is 9.90 Å². The van der Waals surface area contributed by atoms with Gasteiger partial charge in [-0.1, -0.05) is 40.2 Å². The first kappa shape index (κ1) is 18.3. The third-order valence-electron chi connectivity index (χ3n) is 4.72. The summed E-state index contributed by atoms with van der Waals surface area (Å²) in [6, 6.07) is 15.1. The zero-order valence-corrected chi connectivity index (χ0v) is 16.4. The fraction of sp³-hybridized carbons (Fsp3) is 0.190. The van der Waals surface area contributed by atoms with Gasteiger partial charge in [-0.3, -0.25) is 4.79 Å². The zero-order chi connectivity index (χ0) is 18.8. The molecule has 0 spiro atoms. The number of amides is 1. The monoisotopic (exact) mass is 412 g/mol. The number of hydrogen-bond donors (Lipinski definition) is 2. The van der Waals surface area contributed by atoms with Gasteiger partial charge in [0.2, 0.25) is 0 Å². The summed E-state index contributed by atoms with van der Waals surface area (Å²) in [5.41, 5.74) is 11.2. The summed E-state index contributed by atoms with van der Waals surface area (Å²) in [4.78, 5) is 12.1. The Labute approximate surface area is 161 Å². The van der Waals surface area contributed by atoms with Gasteiger partial charge in [0, 0.05) is 28.0 Å². The van der Waals surface area contributed by atoms with Crippen molar-refractivity contribution in [1.82, 2.24) is 4.57 Å². The minimum atomic E-state index is -0.410. The van der Waals surface area contributed by atoms with Gasteiger partial charge in [0.15, 0.2) is 0 Å². The van der Waals surface area contributed by atoms with Crippen LogP contribution < -0.4 is 5.73 Å². The van der Waals surface area contributed by atoms with Crippen LogP contribution in [0.4, 0.5) is 0 Å². The topological polar surface area (TPSA) is 68.2 Å². The highest BCUT2D eigenvalue weighted by molar-refractivity contribution is 9.10. The lowest BCUT2D eigenvalue weighted by Gasteiger charge is -2.10. The van der Waals surface area contributed by atoms with Crippen molar-refractivity contribution in [2.75, 3.05) is 0 Å². The van der Waals surface area contributed by atoms with E-state index in [1.54, 1.807) is 12.1 Å². The molecule has 1 heterocycles. The highest BCUT2D eigenvalue weighted by Crippen LogP contribution is 2.33. The second-order valence-corrected chi connectivity index (χ2v) is 7.28. The van der Waals surface area contributed by atoms with E-state index in [2.05, 4.69) is 20.5 Å². The van der Waals surface area contributed by atoms with Crippen LogP contribution in [0.15, 0.2) is 53.0 Å². The Balaban J connectivity index is 2.00. The molecule has 3 aromatic rings. The molecular weight excluding hydrogens is 392 g/mol. The number of carbonyl (C=O) groups excluding carboxylic acids is 1. The molecule has 26 heavy (non-hydrogen) atoms. The second kappa shape index (κ2) is 7.38. The number of hydrogen-bond acceptors (Lipinski definition) is 2. The van der Waals surface area contributed by atoms with Crippen molar-refractivity contribution < 1.29 is 9.90 Å². The van der Waals surface area contributed by atoms with Gasteiger partial charge < -0.3 is 15.4 Å². The van der Waals surface area contributed by atoms with E-state index < -0.39 is 5.91 Å². The Bertz CT molecular complexity index is 942. The SMILES string of the molecule is Cc1c(C(N)=O)c(-c2ccc(Br)cc2)c(C)n1CCc1ccc(O)cc1. The minimum absolute atomic E-state index is 0.260. The van der Waals surface area contributed by atoms with Crippen molar-refractivity contribution in [1.29, 1.82) is 0 Å². The molecule has 0 saturated carbocycles. The Hall–Kier alpha value is -2.53. The van der Waals surface area contributed by atoms with Crippen LogP contribution in [-0.4, -0.2) is 15.6 Å². The van der Waals surface area contributed by atoms with Crippen LogP contribution in [-0.2, 0) is 13.0 Å². The molecule has 4 nitrogen and oxygen atoms in total. The molecule has 2 aromatic carbocycles. The highest BCUT2D eigenvalue weighted by Gasteiger charge is 2.22. The van der Waals surface area contributed by atoms with Crippen LogP contribution in [0.25, 0.3) is 11.1 Å². The van der Waals surface area contributed by atoms with Crippen molar-refractivity contribution in [3.8, 4) is 16.9 Å². The third-order valence-corrected chi connectivity index (χ3v) is 5.25. The van der Waals surface area contributed by atoms with Crippen LogP contribution in [0.2, 0.25) is 0 Å². The molecule has 0 radical (unpaired) electrons. The quantitative estimate of drug-likeness (QED) is 0.643. The lowest BCUT2D eigenvalue weighted by Crippen LogP contribution is -2.13. The summed E-state index contributed by atoms with van der Waals surface area (Å²) in [7, 11) is 0. The average Bonchev–Trinajstić information content (AvgIpc) is 2.86. The summed E-state index contributed by atoms with van der Waals surface area (Å²) in [6.07, 6.45) is 0.800. The molecule has 0 bridgehead atoms. The summed E-state index contributed by atoms with van der Waals surface area (Å²) in [5.74, 6) is -0.150. The maximum atomic E-state index is 12.1. The number of aromatic nitrogens is 1. The van der Waals surface area contributed by atoms with Gasteiger partial charge in [-0.05, 0) is 55.7 Å². The molecular formula is C21H21BrN2O2. The number of primary amides is 1. The standard InChI is InChI=1S/C21H21BrN2O2/c1-13-19(16-5-7-17(22)8-6-16)20(21(23)26)14(2)24(13)12-11-15-3-9-18(25)10-4-15/h3-10,25H,11-12H2,1-2H3,(H2,23,26). The molecule has 3 rings (SSSR count). The number of carbonyl (C=O) groups is 1. The second-order valence-electron chi connectivity index (χ2n) is 6.36. The third kappa shape index (κ3) is 3.53. The van der Waals surface area contributed by atoms with Gasteiger partial charge in [0.25, 0.3) is 5.91 Å². The van der Waals surface area contributed by atoms with Crippen molar-refractivity contribution in [2.45, 2.75) is 26.8 Å². The number of nitrogens with two attached hydrogens (primary N) is 1. The zero-order valence-electron chi connectivity index (χ0n) is 14.8. The normalized spacial score (nSPS) is 10.9. The first-order chi connectivity index (χ1) is 12.4. The smallest absolute Gasteiger partial charge is 0.251 e. The van der Waals surface area contributed by atoms with Gasteiger partial charge >= 0.3 is 0 Å². The van der Waals surface area contributed by atoms with E-state index in [0.29, 0.717) is 5.56 Å². The summed E-state index contributed by atoms with van der Waals surface area (Å²) in [6.45, 7) is 4.69. The van der Waals surface area contributed by atoms with E-state index >= 15 is 0 Å². The molecule has 1 aromatic heterocycles. The van der Waals surface area contributed by atoms with Crippen LogP contribution in [0.1, 0.15) is 27.3 Å². The number of halogens is 1. The van der Waals surface area contributed by atoms with Gasteiger partial charge in [-0.25, -0.2) is 0 Å². The Morgan fingerprint density at radius 1 is 1.04 bits per heavy atom. The molecule has 134 valence electrons. The molecule has 1 amide bonds. The fourth-order valence-corrected chi connectivity index (χ4v) is 3.66.